The molecule has 2 aromatic rings. The topological polar surface area (TPSA) is 124 Å². The number of aromatic nitrogens is 2. The van der Waals surface area contributed by atoms with Gasteiger partial charge in [0.15, 0.2) is 0 Å². The Bertz CT molecular complexity index is 790. The van der Waals surface area contributed by atoms with Gasteiger partial charge >= 0.3 is 0 Å². The molecule has 11 heteroatoms. The Morgan fingerprint density at radius 1 is 1.43 bits per heavy atom. The van der Waals surface area contributed by atoms with Crippen LogP contribution in [0.25, 0.3) is 0 Å². The second-order valence-corrected chi connectivity index (χ2v) is 6.84. The molecular formula is C10H9ClN4O4S2. The Morgan fingerprint density at radius 3 is 2.67 bits per heavy atom. The average Bonchev–Trinajstić information content (AvgIpc) is 2.84. The number of ether oxygens (including phenoxy) is 1. The van der Waals surface area contributed by atoms with E-state index in [1.54, 1.807) is 0 Å². The molecule has 1 heterocycles. The summed E-state index contributed by atoms with van der Waals surface area (Å²) in [5.74, 6) is -0.323. The van der Waals surface area contributed by atoms with Crippen molar-refractivity contribution in [3.63, 3.8) is 0 Å². The first-order valence-corrected chi connectivity index (χ1v) is 8.06. The molecule has 1 amide bonds. The first-order chi connectivity index (χ1) is 9.81. The lowest BCUT2D eigenvalue weighted by molar-refractivity contribution is 0.102. The summed E-state index contributed by atoms with van der Waals surface area (Å²) >= 11 is 6.48. The Kier molecular flexibility index (Phi) is 4.42. The third-order valence-corrected chi connectivity index (χ3v) is 4.27. The van der Waals surface area contributed by atoms with E-state index in [1.807, 2.05) is 0 Å². The highest BCUT2D eigenvalue weighted by Gasteiger charge is 2.17. The van der Waals surface area contributed by atoms with Gasteiger partial charge in [-0.15, -0.1) is 10.2 Å². The molecular weight excluding hydrogens is 340 g/mol. The van der Waals surface area contributed by atoms with E-state index < -0.39 is 15.9 Å². The standard InChI is InChI=1S/C10H9ClN4O4S2/c1-19-7-3-2-5(21(12,17)18)4-6(7)13-8(16)9-14-15-10(11)20-9/h2-4H,1H3,(H,13,16)(H2,12,17,18). The average molecular weight is 349 g/mol. The summed E-state index contributed by atoms with van der Waals surface area (Å²) in [6, 6.07) is 3.84. The summed E-state index contributed by atoms with van der Waals surface area (Å²) in [5.41, 5.74) is 0.139. The van der Waals surface area contributed by atoms with Gasteiger partial charge in [0, 0.05) is 0 Å². The van der Waals surface area contributed by atoms with Gasteiger partial charge in [-0.1, -0.05) is 11.3 Å². The molecule has 0 aliphatic carbocycles. The fraction of sp³-hybridized carbons (Fsp3) is 0.100. The first-order valence-electron chi connectivity index (χ1n) is 5.32. The van der Waals surface area contributed by atoms with Crippen molar-refractivity contribution < 1.29 is 17.9 Å². The molecule has 0 radical (unpaired) electrons. The molecule has 0 unspecified atom stereocenters. The zero-order chi connectivity index (χ0) is 15.6. The molecule has 1 aromatic heterocycles. The van der Waals surface area contributed by atoms with Crippen LogP contribution in [-0.2, 0) is 10.0 Å². The van der Waals surface area contributed by atoms with Crippen molar-refractivity contribution in [2.24, 2.45) is 5.14 Å². The van der Waals surface area contributed by atoms with Gasteiger partial charge in [0.2, 0.25) is 19.5 Å². The number of amides is 1. The molecule has 0 aliphatic heterocycles. The molecule has 112 valence electrons. The molecule has 0 atom stereocenters. The lowest BCUT2D eigenvalue weighted by Crippen LogP contribution is -2.15. The third kappa shape index (κ3) is 3.67. The number of methoxy groups -OCH3 is 1. The molecule has 0 saturated carbocycles. The number of primary sulfonamides is 1. The van der Waals surface area contributed by atoms with Crippen LogP contribution in [0.15, 0.2) is 23.1 Å². The minimum absolute atomic E-state index is 0.0306. The maximum atomic E-state index is 12.0. The second kappa shape index (κ2) is 5.93. The number of rotatable bonds is 4. The van der Waals surface area contributed by atoms with Crippen LogP contribution in [0.2, 0.25) is 4.47 Å². The molecule has 0 fully saturated rings. The number of carbonyl (C=O) groups excluding carboxylic acids is 1. The van der Waals surface area contributed by atoms with Crippen LogP contribution in [0.3, 0.4) is 0 Å². The van der Waals surface area contributed by atoms with Gasteiger partial charge in [-0.2, -0.15) is 0 Å². The van der Waals surface area contributed by atoms with E-state index in [1.165, 1.54) is 25.3 Å². The van der Waals surface area contributed by atoms with E-state index in [-0.39, 0.29) is 25.8 Å². The molecule has 8 nitrogen and oxygen atoms in total. The van der Waals surface area contributed by atoms with Crippen molar-refractivity contribution in [3.05, 3.63) is 27.7 Å². The van der Waals surface area contributed by atoms with Gasteiger partial charge < -0.3 is 10.1 Å². The monoisotopic (exact) mass is 348 g/mol. The zero-order valence-corrected chi connectivity index (χ0v) is 12.9. The number of carbonyl (C=O) groups is 1. The number of anilines is 1. The van der Waals surface area contributed by atoms with Crippen LogP contribution >= 0.6 is 22.9 Å². The van der Waals surface area contributed by atoms with Crippen molar-refractivity contribution in [1.29, 1.82) is 0 Å². The van der Waals surface area contributed by atoms with E-state index in [2.05, 4.69) is 15.5 Å². The van der Waals surface area contributed by atoms with E-state index >= 15 is 0 Å². The van der Waals surface area contributed by atoms with Gasteiger partial charge in [-0.25, -0.2) is 13.6 Å². The molecule has 0 saturated heterocycles. The number of hydrogen-bond acceptors (Lipinski definition) is 7. The largest absolute Gasteiger partial charge is 0.495 e. The lowest BCUT2D eigenvalue weighted by atomic mass is 10.3. The highest BCUT2D eigenvalue weighted by Crippen LogP contribution is 2.28. The van der Waals surface area contributed by atoms with E-state index in [4.69, 9.17) is 21.5 Å². The molecule has 3 N–H and O–H groups in total. The molecule has 0 aliphatic rings. The molecule has 2 rings (SSSR count). The summed E-state index contributed by atoms with van der Waals surface area (Å²) in [7, 11) is -2.52. The van der Waals surface area contributed by atoms with E-state index in [0.29, 0.717) is 0 Å². The zero-order valence-electron chi connectivity index (χ0n) is 10.5. The number of benzene rings is 1. The Hall–Kier alpha value is -1.75. The fourth-order valence-corrected chi connectivity index (χ4v) is 2.70. The summed E-state index contributed by atoms with van der Waals surface area (Å²) < 4.78 is 27.8. The number of nitrogens with two attached hydrogens (primary N) is 1. The lowest BCUT2D eigenvalue weighted by Gasteiger charge is -2.10. The number of nitrogens with zero attached hydrogens (tertiary/aromatic N) is 2. The van der Waals surface area contributed by atoms with Crippen molar-refractivity contribution in [2.75, 3.05) is 12.4 Å². The Morgan fingerprint density at radius 2 is 2.14 bits per heavy atom. The van der Waals surface area contributed by atoms with Gasteiger partial charge in [0.25, 0.3) is 5.91 Å². The van der Waals surface area contributed by atoms with Gasteiger partial charge in [0.1, 0.15) is 5.75 Å². The van der Waals surface area contributed by atoms with Crippen molar-refractivity contribution in [1.82, 2.24) is 10.2 Å². The van der Waals surface area contributed by atoms with Gasteiger partial charge in [0.05, 0.1) is 17.7 Å². The predicted molar refractivity (Wildman–Crippen MR) is 77.2 cm³/mol. The minimum Gasteiger partial charge on any atom is -0.495 e. The van der Waals surface area contributed by atoms with Gasteiger partial charge in [-0.05, 0) is 29.8 Å². The quantitative estimate of drug-likeness (QED) is 0.852. The van der Waals surface area contributed by atoms with E-state index in [0.717, 1.165) is 11.3 Å². The highest BCUT2D eigenvalue weighted by molar-refractivity contribution is 7.89. The Balaban J connectivity index is 2.36. The molecule has 1 aromatic carbocycles. The van der Waals surface area contributed by atoms with Crippen molar-refractivity contribution >= 4 is 44.6 Å². The number of hydrogen-bond donors (Lipinski definition) is 2. The molecule has 21 heavy (non-hydrogen) atoms. The van der Waals surface area contributed by atoms with E-state index in [9.17, 15) is 13.2 Å². The summed E-state index contributed by atoms with van der Waals surface area (Å²) in [6.07, 6.45) is 0. The Labute approximate surface area is 128 Å². The summed E-state index contributed by atoms with van der Waals surface area (Å²) in [4.78, 5) is 11.8. The molecule has 0 spiro atoms. The number of sulfonamides is 1. The van der Waals surface area contributed by atoms with Gasteiger partial charge in [-0.3, -0.25) is 4.79 Å². The van der Waals surface area contributed by atoms with Crippen LogP contribution in [0.1, 0.15) is 9.80 Å². The van der Waals surface area contributed by atoms with Crippen LogP contribution in [0, 0.1) is 0 Å². The maximum absolute atomic E-state index is 12.0. The molecule has 0 bridgehead atoms. The normalized spacial score (nSPS) is 11.2. The van der Waals surface area contributed by atoms with Crippen LogP contribution in [0.5, 0.6) is 5.75 Å². The van der Waals surface area contributed by atoms with Crippen LogP contribution in [-0.4, -0.2) is 31.6 Å². The SMILES string of the molecule is COc1ccc(S(N)(=O)=O)cc1NC(=O)c1nnc(Cl)s1. The maximum Gasteiger partial charge on any atom is 0.286 e. The fourth-order valence-electron chi connectivity index (χ4n) is 1.43. The van der Waals surface area contributed by atoms with Crippen molar-refractivity contribution in [2.45, 2.75) is 4.90 Å². The number of halogens is 1. The smallest absolute Gasteiger partial charge is 0.286 e. The first kappa shape index (κ1) is 15.6. The highest BCUT2D eigenvalue weighted by atomic mass is 35.5. The summed E-state index contributed by atoms with van der Waals surface area (Å²) in [6.45, 7) is 0. The number of nitrogens with one attached hydrogen (secondary N) is 1. The minimum atomic E-state index is -3.90. The summed E-state index contributed by atoms with van der Waals surface area (Å²) in [5, 5.41) is 14.6. The van der Waals surface area contributed by atoms with Crippen LogP contribution in [0.4, 0.5) is 5.69 Å². The second-order valence-electron chi connectivity index (χ2n) is 3.72. The van der Waals surface area contributed by atoms with Crippen LogP contribution < -0.4 is 15.2 Å². The van der Waals surface area contributed by atoms with Crippen molar-refractivity contribution in [3.8, 4) is 5.75 Å². The third-order valence-electron chi connectivity index (χ3n) is 2.34. The predicted octanol–water partition coefficient (Wildman–Crippen LogP) is 1.10.